The molecule has 0 radical (unpaired) electrons. The maximum Gasteiger partial charge on any atom is 0.490 e. The second-order valence-electron chi connectivity index (χ2n) is 2.15. The van der Waals surface area contributed by atoms with Crippen LogP contribution in [0.5, 0.6) is 0 Å². The first-order valence-corrected chi connectivity index (χ1v) is 3.40. The van der Waals surface area contributed by atoms with Gasteiger partial charge in [-0.3, -0.25) is 0 Å². The molecule has 0 spiro atoms. The van der Waals surface area contributed by atoms with Crippen LogP contribution in [0.1, 0.15) is 0 Å². The molecule has 0 saturated carbocycles. The molecule has 0 aliphatic carbocycles. The van der Waals surface area contributed by atoms with E-state index in [0.717, 1.165) is 0 Å². The van der Waals surface area contributed by atoms with Crippen molar-refractivity contribution >= 4 is 29.9 Å². The zero-order chi connectivity index (χ0) is 8.43. The normalized spacial score (nSPS) is 9.73. The number of rotatable bonds is 1. The van der Waals surface area contributed by atoms with Crippen LogP contribution in [0.25, 0.3) is 0 Å². The SMILES string of the molecule is Nc1cc(Cl)ccc1B(O)O. The van der Waals surface area contributed by atoms with Gasteiger partial charge in [0.05, 0.1) is 0 Å². The van der Waals surface area contributed by atoms with Crippen LogP contribution >= 0.6 is 11.6 Å². The van der Waals surface area contributed by atoms with Gasteiger partial charge in [-0.15, -0.1) is 0 Å². The van der Waals surface area contributed by atoms with E-state index in [2.05, 4.69) is 0 Å². The second-order valence-corrected chi connectivity index (χ2v) is 2.58. The lowest BCUT2D eigenvalue weighted by Gasteiger charge is -2.03. The molecular formula is C6H7BClNO2. The van der Waals surface area contributed by atoms with E-state index in [1.807, 2.05) is 0 Å². The van der Waals surface area contributed by atoms with Crippen LogP contribution in [-0.2, 0) is 0 Å². The van der Waals surface area contributed by atoms with Crippen LogP contribution in [0.4, 0.5) is 5.69 Å². The fourth-order valence-corrected chi connectivity index (χ4v) is 0.961. The van der Waals surface area contributed by atoms with Crippen molar-refractivity contribution in [3.8, 4) is 0 Å². The molecule has 11 heavy (non-hydrogen) atoms. The standard InChI is InChI=1S/C6H7BClNO2/c8-4-1-2-5(7(10)11)6(9)3-4/h1-3,10-11H,9H2. The number of nitrogen functional groups attached to an aromatic ring is 1. The van der Waals surface area contributed by atoms with Gasteiger partial charge in [-0.05, 0) is 12.1 Å². The Balaban J connectivity index is 3.09. The molecule has 4 N–H and O–H groups in total. The number of halogens is 1. The van der Waals surface area contributed by atoms with Crippen molar-refractivity contribution in [1.82, 2.24) is 0 Å². The lowest BCUT2D eigenvalue weighted by atomic mass is 9.79. The van der Waals surface area contributed by atoms with E-state index in [4.69, 9.17) is 27.4 Å². The van der Waals surface area contributed by atoms with Gasteiger partial charge < -0.3 is 15.8 Å². The third-order valence-electron chi connectivity index (χ3n) is 1.33. The lowest BCUT2D eigenvalue weighted by Crippen LogP contribution is -2.32. The maximum atomic E-state index is 8.73. The van der Waals surface area contributed by atoms with Gasteiger partial charge in [0.25, 0.3) is 0 Å². The highest BCUT2D eigenvalue weighted by Gasteiger charge is 2.13. The Bertz CT molecular complexity index is 267. The fraction of sp³-hybridized carbons (Fsp3) is 0. The number of nitrogens with two attached hydrogens (primary N) is 1. The zero-order valence-corrected chi connectivity index (χ0v) is 6.42. The molecule has 0 aliphatic rings. The van der Waals surface area contributed by atoms with Crippen LogP contribution < -0.4 is 11.2 Å². The number of hydrogen-bond donors (Lipinski definition) is 3. The predicted octanol–water partition coefficient (Wildman–Crippen LogP) is -0.398. The molecular weight excluding hydrogens is 164 g/mol. The van der Waals surface area contributed by atoms with Crippen LogP contribution in [-0.4, -0.2) is 17.2 Å². The molecule has 1 aromatic rings. The molecule has 0 amide bonds. The predicted molar refractivity (Wildman–Crippen MR) is 45.7 cm³/mol. The maximum absolute atomic E-state index is 8.73. The smallest absolute Gasteiger partial charge is 0.423 e. The monoisotopic (exact) mass is 171 g/mol. The Hall–Kier alpha value is -0.705. The topological polar surface area (TPSA) is 66.5 Å². The molecule has 0 fully saturated rings. The van der Waals surface area contributed by atoms with Gasteiger partial charge in [0.1, 0.15) is 0 Å². The lowest BCUT2D eigenvalue weighted by molar-refractivity contribution is 0.426. The van der Waals surface area contributed by atoms with E-state index < -0.39 is 7.12 Å². The molecule has 0 saturated heterocycles. The average molecular weight is 171 g/mol. The summed E-state index contributed by atoms with van der Waals surface area (Å²) < 4.78 is 0. The van der Waals surface area contributed by atoms with Crippen molar-refractivity contribution < 1.29 is 10.0 Å². The highest BCUT2D eigenvalue weighted by atomic mass is 35.5. The molecule has 0 aliphatic heterocycles. The molecule has 0 heterocycles. The Labute approximate surface area is 69.6 Å². The number of anilines is 1. The summed E-state index contributed by atoms with van der Waals surface area (Å²) in [6, 6.07) is 4.49. The molecule has 5 heteroatoms. The van der Waals surface area contributed by atoms with Crippen molar-refractivity contribution in [1.29, 1.82) is 0 Å². The first-order valence-electron chi connectivity index (χ1n) is 3.02. The highest BCUT2D eigenvalue weighted by molar-refractivity contribution is 6.60. The van der Waals surface area contributed by atoms with E-state index in [1.54, 1.807) is 6.07 Å². The van der Waals surface area contributed by atoms with Gasteiger partial charge in [0.2, 0.25) is 0 Å². The molecule has 58 valence electrons. The van der Waals surface area contributed by atoms with Crippen molar-refractivity contribution in [3.63, 3.8) is 0 Å². The molecule has 1 aromatic carbocycles. The summed E-state index contributed by atoms with van der Waals surface area (Å²) in [6.45, 7) is 0. The molecule has 0 bridgehead atoms. The van der Waals surface area contributed by atoms with E-state index in [9.17, 15) is 0 Å². The molecule has 0 unspecified atom stereocenters. The van der Waals surface area contributed by atoms with E-state index >= 15 is 0 Å². The van der Waals surface area contributed by atoms with Gasteiger partial charge in [-0.2, -0.15) is 0 Å². The summed E-state index contributed by atoms with van der Waals surface area (Å²) in [4.78, 5) is 0. The average Bonchev–Trinajstić information content (AvgIpc) is 1.85. The third kappa shape index (κ3) is 1.86. The first kappa shape index (κ1) is 8.39. The highest BCUT2D eigenvalue weighted by Crippen LogP contribution is 2.10. The minimum atomic E-state index is -1.53. The zero-order valence-electron chi connectivity index (χ0n) is 5.66. The van der Waals surface area contributed by atoms with Gasteiger partial charge in [-0.1, -0.05) is 17.7 Å². The Kier molecular flexibility index (Phi) is 2.39. The molecule has 0 atom stereocenters. The van der Waals surface area contributed by atoms with Gasteiger partial charge >= 0.3 is 7.12 Å². The summed E-state index contributed by atoms with van der Waals surface area (Å²) in [5.41, 5.74) is 5.98. The summed E-state index contributed by atoms with van der Waals surface area (Å²) in [7, 11) is -1.53. The van der Waals surface area contributed by atoms with Crippen molar-refractivity contribution in [2.24, 2.45) is 0 Å². The van der Waals surface area contributed by atoms with Crippen LogP contribution in [0, 0.1) is 0 Å². The molecule has 1 rings (SSSR count). The minimum Gasteiger partial charge on any atom is -0.423 e. The Morgan fingerprint density at radius 2 is 2.00 bits per heavy atom. The number of hydrogen-bond acceptors (Lipinski definition) is 3. The van der Waals surface area contributed by atoms with Crippen molar-refractivity contribution in [2.75, 3.05) is 5.73 Å². The quantitative estimate of drug-likeness (QED) is 0.398. The van der Waals surface area contributed by atoms with Crippen LogP contribution in [0.3, 0.4) is 0 Å². The van der Waals surface area contributed by atoms with Gasteiger partial charge in [0, 0.05) is 16.2 Å². The second kappa shape index (κ2) is 3.13. The van der Waals surface area contributed by atoms with E-state index in [1.165, 1.54) is 12.1 Å². The summed E-state index contributed by atoms with van der Waals surface area (Å²) in [6.07, 6.45) is 0. The minimum absolute atomic E-state index is 0.273. The van der Waals surface area contributed by atoms with E-state index in [-0.39, 0.29) is 11.2 Å². The van der Waals surface area contributed by atoms with Crippen LogP contribution in [0.2, 0.25) is 5.02 Å². The summed E-state index contributed by atoms with van der Waals surface area (Å²) in [5, 5.41) is 17.9. The van der Waals surface area contributed by atoms with Gasteiger partial charge in [-0.25, -0.2) is 0 Å². The third-order valence-corrected chi connectivity index (χ3v) is 1.56. The molecule has 3 nitrogen and oxygen atoms in total. The summed E-state index contributed by atoms with van der Waals surface area (Å²) in [5.74, 6) is 0. The van der Waals surface area contributed by atoms with Crippen molar-refractivity contribution in [2.45, 2.75) is 0 Å². The summed E-state index contributed by atoms with van der Waals surface area (Å²) >= 11 is 5.58. The number of benzene rings is 1. The molecule has 0 aromatic heterocycles. The fourth-order valence-electron chi connectivity index (χ4n) is 0.781. The van der Waals surface area contributed by atoms with Crippen LogP contribution in [0.15, 0.2) is 18.2 Å². The van der Waals surface area contributed by atoms with Gasteiger partial charge in [0.15, 0.2) is 0 Å². The largest absolute Gasteiger partial charge is 0.490 e. The Morgan fingerprint density at radius 1 is 1.36 bits per heavy atom. The van der Waals surface area contributed by atoms with E-state index in [0.29, 0.717) is 5.02 Å². The first-order chi connectivity index (χ1) is 5.11. The Morgan fingerprint density at radius 3 is 2.45 bits per heavy atom. The van der Waals surface area contributed by atoms with Crippen molar-refractivity contribution in [3.05, 3.63) is 23.2 Å².